The van der Waals surface area contributed by atoms with Crippen molar-refractivity contribution in [1.82, 2.24) is 0 Å². The average molecular weight is 334 g/mol. The van der Waals surface area contributed by atoms with Crippen LogP contribution in [0.15, 0.2) is 28.7 Å². The van der Waals surface area contributed by atoms with Crippen molar-refractivity contribution in [3.8, 4) is 0 Å². The van der Waals surface area contributed by atoms with E-state index < -0.39 is 20.6 Å². The monoisotopic (exact) mass is 333 g/mol. The first kappa shape index (κ1) is 14.0. The first-order valence-electron chi connectivity index (χ1n) is 5.53. The van der Waals surface area contributed by atoms with Gasteiger partial charge in [0.1, 0.15) is 0 Å². The molecule has 0 saturated heterocycles. The Labute approximate surface area is 116 Å². The Morgan fingerprint density at radius 3 is 2.39 bits per heavy atom. The summed E-state index contributed by atoms with van der Waals surface area (Å²) in [6.07, 6.45) is 1.23. The zero-order valence-electron chi connectivity index (χ0n) is 10.3. The predicted molar refractivity (Wildman–Crippen MR) is 74.3 cm³/mol. The molecule has 0 heterocycles. The standard InChI is InChI=1S/C12H16BrNO3S/c1-17-7-12(14)10(11(12)18(2,15)16)8-3-5-9(13)6-4-8/h3-6,10-11H,7,14H2,1-2H3/t10-,11+,12+/m1/s1. The predicted octanol–water partition coefficient (Wildman–Crippen LogP) is 1.30. The molecule has 0 radical (unpaired) electrons. The summed E-state index contributed by atoms with van der Waals surface area (Å²) in [5.74, 6) is -0.194. The second kappa shape index (κ2) is 4.59. The maximum Gasteiger partial charge on any atom is 0.152 e. The summed E-state index contributed by atoms with van der Waals surface area (Å²) in [5.41, 5.74) is 6.31. The van der Waals surface area contributed by atoms with Crippen molar-refractivity contribution >= 4 is 25.8 Å². The topological polar surface area (TPSA) is 69.4 Å². The minimum Gasteiger partial charge on any atom is -0.383 e. The second-order valence-corrected chi connectivity index (χ2v) is 7.91. The van der Waals surface area contributed by atoms with Crippen LogP contribution in [0.2, 0.25) is 0 Å². The summed E-state index contributed by atoms with van der Waals surface area (Å²) in [7, 11) is -1.65. The van der Waals surface area contributed by atoms with Crippen molar-refractivity contribution < 1.29 is 13.2 Å². The van der Waals surface area contributed by atoms with Crippen LogP contribution in [-0.2, 0) is 14.6 Å². The number of benzene rings is 1. The summed E-state index contributed by atoms with van der Waals surface area (Å²) in [5, 5.41) is -0.564. The maximum atomic E-state index is 11.8. The molecule has 3 atom stereocenters. The molecular weight excluding hydrogens is 318 g/mol. The van der Waals surface area contributed by atoms with Crippen LogP contribution in [0.4, 0.5) is 0 Å². The van der Waals surface area contributed by atoms with Gasteiger partial charge in [-0.05, 0) is 17.7 Å². The van der Waals surface area contributed by atoms with Gasteiger partial charge in [0.15, 0.2) is 9.84 Å². The van der Waals surface area contributed by atoms with E-state index in [0.29, 0.717) is 0 Å². The Morgan fingerprint density at radius 1 is 1.39 bits per heavy atom. The molecule has 0 aliphatic heterocycles. The van der Waals surface area contributed by atoms with Gasteiger partial charge in [-0.1, -0.05) is 28.1 Å². The van der Waals surface area contributed by atoms with E-state index in [1.54, 1.807) is 0 Å². The number of hydrogen-bond donors (Lipinski definition) is 1. The zero-order chi connectivity index (χ0) is 13.6. The van der Waals surface area contributed by atoms with Gasteiger partial charge in [0.2, 0.25) is 0 Å². The van der Waals surface area contributed by atoms with Gasteiger partial charge < -0.3 is 10.5 Å². The molecule has 0 amide bonds. The van der Waals surface area contributed by atoms with E-state index in [9.17, 15) is 8.42 Å². The number of sulfone groups is 1. The summed E-state index contributed by atoms with van der Waals surface area (Å²) in [4.78, 5) is 0. The van der Waals surface area contributed by atoms with Crippen LogP contribution in [0, 0.1) is 0 Å². The third kappa shape index (κ3) is 2.34. The lowest BCUT2D eigenvalue weighted by Crippen LogP contribution is -2.35. The highest BCUT2D eigenvalue weighted by atomic mass is 79.9. The molecule has 1 aliphatic carbocycles. The van der Waals surface area contributed by atoms with Gasteiger partial charge >= 0.3 is 0 Å². The lowest BCUT2D eigenvalue weighted by molar-refractivity contribution is 0.171. The van der Waals surface area contributed by atoms with Crippen LogP contribution >= 0.6 is 15.9 Å². The van der Waals surface area contributed by atoms with Crippen molar-refractivity contribution in [3.63, 3.8) is 0 Å². The van der Waals surface area contributed by atoms with Crippen molar-refractivity contribution in [3.05, 3.63) is 34.3 Å². The Bertz CT molecular complexity index is 543. The van der Waals surface area contributed by atoms with E-state index in [1.807, 2.05) is 24.3 Å². The number of hydrogen-bond acceptors (Lipinski definition) is 4. The Kier molecular flexibility index (Phi) is 3.57. The molecule has 0 spiro atoms. The maximum absolute atomic E-state index is 11.8. The summed E-state index contributed by atoms with van der Waals surface area (Å²) in [6.45, 7) is 0.242. The molecule has 1 aromatic carbocycles. The number of rotatable bonds is 4. The van der Waals surface area contributed by atoms with Crippen molar-refractivity contribution in [2.24, 2.45) is 5.73 Å². The fourth-order valence-corrected chi connectivity index (χ4v) is 4.75. The fraction of sp³-hybridized carbons (Fsp3) is 0.500. The molecule has 100 valence electrons. The minimum atomic E-state index is -3.18. The van der Waals surface area contributed by atoms with E-state index >= 15 is 0 Å². The molecule has 1 aliphatic rings. The molecule has 1 saturated carbocycles. The van der Waals surface area contributed by atoms with E-state index in [1.165, 1.54) is 13.4 Å². The second-order valence-electron chi connectivity index (χ2n) is 4.82. The molecule has 4 nitrogen and oxygen atoms in total. The van der Waals surface area contributed by atoms with Crippen LogP contribution in [0.3, 0.4) is 0 Å². The van der Waals surface area contributed by atoms with Crippen molar-refractivity contribution in [2.45, 2.75) is 16.7 Å². The molecule has 0 aromatic heterocycles. The molecule has 0 unspecified atom stereocenters. The van der Waals surface area contributed by atoms with Gasteiger partial charge in [-0.15, -0.1) is 0 Å². The molecule has 1 fully saturated rings. The van der Waals surface area contributed by atoms with Gasteiger partial charge in [-0.2, -0.15) is 0 Å². The zero-order valence-corrected chi connectivity index (χ0v) is 12.7. The molecule has 2 rings (SSSR count). The largest absolute Gasteiger partial charge is 0.383 e. The van der Waals surface area contributed by atoms with E-state index in [2.05, 4.69) is 15.9 Å². The van der Waals surface area contributed by atoms with Gasteiger partial charge in [-0.25, -0.2) is 8.42 Å². The van der Waals surface area contributed by atoms with Gasteiger partial charge in [0, 0.05) is 23.8 Å². The number of halogens is 1. The molecule has 0 bridgehead atoms. The molecular formula is C12H16BrNO3S. The summed E-state index contributed by atoms with van der Waals surface area (Å²) in [6, 6.07) is 7.58. The Hall–Kier alpha value is -0.430. The van der Waals surface area contributed by atoms with Crippen LogP contribution in [0.1, 0.15) is 11.5 Å². The smallest absolute Gasteiger partial charge is 0.152 e. The molecule has 18 heavy (non-hydrogen) atoms. The minimum absolute atomic E-state index is 0.194. The first-order chi connectivity index (χ1) is 8.30. The highest BCUT2D eigenvalue weighted by molar-refractivity contribution is 9.10. The van der Waals surface area contributed by atoms with Crippen molar-refractivity contribution in [1.29, 1.82) is 0 Å². The summed E-state index contributed by atoms with van der Waals surface area (Å²) >= 11 is 3.35. The molecule has 1 aromatic rings. The Balaban J connectivity index is 2.35. The van der Waals surface area contributed by atoms with Crippen LogP contribution in [-0.4, -0.2) is 39.2 Å². The summed E-state index contributed by atoms with van der Waals surface area (Å²) < 4.78 is 29.6. The fourth-order valence-electron chi connectivity index (χ4n) is 2.65. The lowest BCUT2D eigenvalue weighted by atomic mass is 10.1. The number of nitrogens with two attached hydrogens (primary N) is 1. The first-order valence-corrected chi connectivity index (χ1v) is 8.27. The SMILES string of the molecule is COC[C@]1(N)[C@H](c2ccc(Br)cc2)[C@@H]1S(C)(=O)=O. The quantitative estimate of drug-likeness (QED) is 0.901. The van der Waals surface area contributed by atoms with E-state index in [4.69, 9.17) is 10.5 Å². The third-order valence-electron chi connectivity index (χ3n) is 3.39. The average Bonchev–Trinajstić information content (AvgIpc) is 2.86. The van der Waals surface area contributed by atoms with E-state index in [-0.39, 0.29) is 12.5 Å². The number of ether oxygens (including phenoxy) is 1. The van der Waals surface area contributed by atoms with Gasteiger partial charge in [-0.3, -0.25) is 0 Å². The highest BCUT2D eigenvalue weighted by Gasteiger charge is 2.67. The highest BCUT2D eigenvalue weighted by Crippen LogP contribution is 2.54. The third-order valence-corrected chi connectivity index (χ3v) is 5.55. The van der Waals surface area contributed by atoms with Gasteiger partial charge in [0.25, 0.3) is 0 Å². The molecule has 6 heteroatoms. The van der Waals surface area contributed by atoms with E-state index in [0.717, 1.165) is 10.0 Å². The van der Waals surface area contributed by atoms with Crippen molar-refractivity contribution in [2.75, 3.05) is 20.0 Å². The number of methoxy groups -OCH3 is 1. The lowest BCUT2D eigenvalue weighted by Gasteiger charge is -2.10. The Morgan fingerprint density at radius 2 is 1.94 bits per heavy atom. The van der Waals surface area contributed by atoms with Crippen LogP contribution in [0.5, 0.6) is 0 Å². The van der Waals surface area contributed by atoms with Crippen LogP contribution in [0.25, 0.3) is 0 Å². The van der Waals surface area contributed by atoms with Crippen LogP contribution < -0.4 is 5.73 Å². The normalized spacial score (nSPS) is 31.3. The molecule has 2 N–H and O–H groups in total. The van der Waals surface area contributed by atoms with Gasteiger partial charge in [0.05, 0.1) is 17.4 Å².